The monoisotopic (exact) mass is 480 g/mol. The number of carbonyl (C=O) groups excluding carboxylic acids is 1. The lowest BCUT2D eigenvalue weighted by Crippen LogP contribution is -2.31. The van der Waals surface area contributed by atoms with E-state index in [1.165, 1.54) is 11.0 Å². The number of hydrogen-bond donors (Lipinski definition) is 1. The highest BCUT2D eigenvalue weighted by atomic mass is 19.4. The Morgan fingerprint density at radius 2 is 1.89 bits per heavy atom. The zero-order valence-electron chi connectivity index (χ0n) is 18.3. The van der Waals surface area contributed by atoms with Crippen molar-refractivity contribution in [3.05, 3.63) is 83.2 Å². The van der Waals surface area contributed by atoms with E-state index in [1.807, 2.05) is 0 Å². The first-order chi connectivity index (χ1) is 16.8. The zero-order chi connectivity index (χ0) is 24.6. The number of pyridine rings is 2. The van der Waals surface area contributed by atoms with Gasteiger partial charge in [-0.3, -0.25) is 9.78 Å². The summed E-state index contributed by atoms with van der Waals surface area (Å²) in [4.78, 5) is 31.7. The summed E-state index contributed by atoms with van der Waals surface area (Å²) in [7, 11) is 0. The van der Waals surface area contributed by atoms with E-state index in [0.717, 1.165) is 17.8 Å². The largest absolute Gasteiger partial charge is 0.492 e. The minimum Gasteiger partial charge on any atom is -0.492 e. The summed E-state index contributed by atoms with van der Waals surface area (Å²) in [6.07, 6.45) is -0.00489. The first-order valence-electron chi connectivity index (χ1n) is 10.7. The molecule has 8 nitrogen and oxygen atoms in total. The molecule has 1 aliphatic heterocycles. The van der Waals surface area contributed by atoms with Gasteiger partial charge in [0.05, 0.1) is 36.5 Å². The molecule has 3 aromatic heterocycles. The van der Waals surface area contributed by atoms with Crippen LogP contribution in [0.4, 0.5) is 19.0 Å². The maximum atomic E-state index is 13.6. The molecular weight excluding hydrogens is 461 g/mol. The SMILES string of the molecule is Nc1nc2ccc(C(=O)N(Cc3ccc(C(F)(F)F)cn3)Cc3ncccn3)cc2c2c1CCO2. The van der Waals surface area contributed by atoms with Crippen LogP contribution in [0.5, 0.6) is 5.75 Å². The molecule has 0 atom stereocenters. The molecular formula is C24H19F3N6O2. The van der Waals surface area contributed by atoms with Gasteiger partial charge in [-0.05, 0) is 36.4 Å². The normalized spacial score (nSPS) is 12.9. The quantitative estimate of drug-likeness (QED) is 0.463. The predicted molar refractivity (Wildman–Crippen MR) is 120 cm³/mol. The molecule has 0 saturated carbocycles. The van der Waals surface area contributed by atoms with Crippen molar-refractivity contribution in [3.8, 4) is 5.75 Å². The Balaban J connectivity index is 1.49. The number of halogens is 3. The molecule has 0 saturated heterocycles. The van der Waals surface area contributed by atoms with Gasteiger partial charge in [0.25, 0.3) is 5.91 Å². The van der Waals surface area contributed by atoms with Gasteiger partial charge in [0.15, 0.2) is 0 Å². The highest BCUT2D eigenvalue weighted by Gasteiger charge is 2.31. The Bertz CT molecular complexity index is 1390. The van der Waals surface area contributed by atoms with E-state index in [0.29, 0.717) is 52.6 Å². The molecule has 1 aromatic carbocycles. The average Bonchev–Trinajstić information content (AvgIpc) is 3.35. The Kier molecular flexibility index (Phi) is 5.67. The lowest BCUT2D eigenvalue weighted by atomic mass is 10.1. The number of benzene rings is 1. The zero-order valence-corrected chi connectivity index (χ0v) is 18.3. The van der Waals surface area contributed by atoms with Gasteiger partial charge in [0, 0.05) is 41.5 Å². The molecule has 4 heterocycles. The van der Waals surface area contributed by atoms with Crippen LogP contribution in [0.25, 0.3) is 10.9 Å². The van der Waals surface area contributed by atoms with Crippen LogP contribution in [0, 0.1) is 0 Å². The van der Waals surface area contributed by atoms with Gasteiger partial charge in [-0.25, -0.2) is 15.0 Å². The lowest BCUT2D eigenvalue weighted by Gasteiger charge is -2.22. The summed E-state index contributed by atoms with van der Waals surface area (Å²) in [6, 6.07) is 8.84. The number of aromatic nitrogens is 4. The molecule has 0 radical (unpaired) electrons. The number of nitrogen functional groups attached to an aromatic ring is 1. The smallest absolute Gasteiger partial charge is 0.417 e. The summed E-state index contributed by atoms with van der Waals surface area (Å²) in [5.74, 6) is 1.03. The maximum Gasteiger partial charge on any atom is 0.417 e. The van der Waals surface area contributed by atoms with E-state index in [4.69, 9.17) is 10.5 Å². The van der Waals surface area contributed by atoms with Crippen molar-refractivity contribution in [2.75, 3.05) is 12.3 Å². The number of rotatable bonds is 5. The molecule has 11 heteroatoms. The van der Waals surface area contributed by atoms with Crippen LogP contribution in [0.3, 0.4) is 0 Å². The van der Waals surface area contributed by atoms with E-state index in [2.05, 4.69) is 19.9 Å². The fourth-order valence-electron chi connectivity index (χ4n) is 3.93. The van der Waals surface area contributed by atoms with Crippen molar-refractivity contribution < 1.29 is 22.7 Å². The summed E-state index contributed by atoms with van der Waals surface area (Å²) in [5, 5.41) is 0.668. The van der Waals surface area contributed by atoms with Crippen LogP contribution in [0.1, 0.15) is 33.0 Å². The molecule has 1 amide bonds. The summed E-state index contributed by atoms with van der Waals surface area (Å²) >= 11 is 0. The second-order valence-electron chi connectivity index (χ2n) is 8.00. The van der Waals surface area contributed by atoms with E-state index in [-0.39, 0.29) is 19.0 Å². The van der Waals surface area contributed by atoms with Crippen molar-refractivity contribution in [3.63, 3.8) is 0 Å². The fraction of sp³-hybridized carbons (Fsp3) is 0.208. The summed E-state index contributed by atoms with van der Waals surface area (Å²) < 4.78 is 44.5. The van der Waals surface area contributed by atoms with E-state index < -0.39 is 11.7 Å². The van der Waals surface area contributed by atoms with Crippen molar-refractivity contribution in [1.29, 1.82) is 0 Å². The minimum atomic E-state index is -4.50. The predicted octanol–water partition coefficient (Wildman–Crippen LogP) is 3.80. The number of ether oxygens (including phenoxy) is 1. The van der Waals surface area contributed by atoms with Crippen molar-refractivity contribution >= 4 is 22.6 Å². The van der Waals surface area contributed by atoms with Crippen LogP contribution >= 0.6 is 0 Å². The lowest BCUT2D eigenvalue weighted by molar-refractivity contribution is -0.137. The Hall–Kier alpha value is -4.28. The summed E-state index contributed by atoms with van der Waals surface area (Å²) in [6.45, 7) is 0.479. The van der Waals surface area contributed by atoms with Gasteiger partial charge in [0.2, 0.25) is 0 Å². The molecule has 35 heavy (non-hydrogen) atoms. The molecule has 178 valence electrons. The first kappa shape index (κ1) is 22.5. The fourth-order valence-corrected chi connectivity index (χ4v) is 3.93. The van der Waals surface area contributed by atoms with E-state index in [9.17, 15) is 18.0 Å². The molecule has 0 spiro atoms. The third-order valence-corrected chi connectivity index (χ3v) is 5.65. The van der Waals surface area contributed by atoms with Crippen LogP contribution < -0.4 is 10.5 Å². The number of anilines is 1. The molecule has 0 fully saturated rings. The molecule has 5 rings (SSSR count). The second-order valence-corrected chi connectivity index (χ2v) is 8.00. The van der Waals surface area contributed by atoms with E-state index in [1.54, 1.807) is 36.7 Å². The second kappa shape index (κ2) is 8.82. The Morgan fingerprint density at radius 1 is 1.09 bits per heavy atom. The van der Waals surface area contributed by atoms with Crippen LogP contribution in [0.15, 0.2) is 55.0 Å². The molecule has 4 aromatic rings. The minimum absolute atomic E-state index is 0.0367. The van der Waals surface area contributed by atoms with Gasteiger partial charge >= 0.3 is 6.18 Å². The third kappa shape index (κ3) is 4.57. The standard InChI is InChI=1S/C24H19F3N6O2/c25-24(26,27)15-3-4-16(31-11-15)12-33(13-20-29-7-1-8-30-20)23(34)14-2-5-19-18(10-14)21-17(6-9-35-21)22(28)32-19/h1-5,7-8,10-11H,6,9,12-13H2,(H2,28,32). The number of fused-ring (bicyclic) bond motifs is 3. The van der Waals surface area contributed by atoms with Crippen molar-refractivity contribution in [2.24, 2.45) is 0 Å². The molecule has 0 unspecified atom stereocenters. The molecule has 0 aliphatic carbocycles. The van der Waals surface area contributed by atoms with Crippen LogP contribution in [0.2, 0.25) is 0 Å². The number of alkyl halides is 3. The number of amides is 1. The molecule has 2 N–H and O–H groups in total. The maximum absolute atomic E-state index is 13.6. The highest BCUT2D eigenvalue weighted by Crippen LogP contribution is 2.37. The average molecular weight is 480 g/mol. The van der Waals surface area contributed by atoms with Crippen molar-refractivity contribution in [2.45, 2.75) is 25.7 Å². The number of hydrogen-bond acceptors (Lipinski definition) is 7. The Morgan fingerprint density at radius 3 is 2.60 bits per heavy atom. The third-order valence-electron chi connectivity index (χ3n) is 5.65. The van der Waals surface area contributed by atoms with Crippen LogP contribution in [-0.2, 0) is 25.7 Å². The Labute approximate surface area is 197 Å². The van der Waals surface area contributed by atoms with Crippen LogP contribution in [-0.4, -0.2) is 37.3 Å². The van der Waals surface area contributed by atoms with Crippen molar-refractivity contribution in [1.82, 2.24) is 24.8 Å². The first-order valence-corrected chi connectivity index (χ1v) is 10.7. The van der Waals surface area contributed by atoms with Gasteiger partial charge < -0.3 is 15.4 Å². The van der Waals surface area contributed by atoms with Gasteiger partial charge in [-0.15, -0.1) is 0 Å². The number of carbonyl (C=O) groups is 1. The van der Waals surface area contributed by atoms with Gasteiger partial charge in [0.1, 0.15) is 17.4 Å². The number of nitrogens with two attached hydrogens (primary N) is 1. The summed E-state index contributed by atoms with van der Waals surface area (Å²) in [5.41, 5.74) is 7.23. The van der Waals surface area contributed by atoms with Gasteiger partial charge in [-0.2, -0.15) is 13.2 Å². The molecule has 1 aliphatic rings. The van der Waals surface area contributed by atoms with Gasteiger partial charge in [-0.1, -0.05) is 0 Å². The topological polar surface area (TPSA) is 107 Å². The number of nitrogens with zero attached hydrogens (tertiary/aromatic N) is 5. The van der Waals surface area contributed by atoms with E-state index >= 15 is 0 Å². The molecule has 0 bridgehead atoms. The highest BCUT2D eigenvalue weighted by molar-refractivity contribution is 6.00.